The van der Waals surface area contributed by atoms with Crippen LogP contribution in [0.5, 0.6) is 0 Å². The summed E-state index contributed by atoms with van der Waals surface area (Å²) >= 11 is 6.14. The van der Waals surface area contributed by atoms with Gasteiger partial charge in [0.2, 0.25) is 5.95 Å². The summed E-state index contributed by atoms with van der Waals surface area (Å²) < 4.78 is 0. The van der Waals surface area contributed by atoms with Gasteiger partial charge in [-0.2, -0.15) is 4.98 Å². The zero-order valence-corrected chi connectivity index (χ0v) is 13.8. The van der Waals surface area contributed by atoms with Gasteiger partial charge in [0.25, 0.3) is 0 Å². The first-order valence-corrected chi connectivity index (χ1v) is 7.72. The average Bonchev–Trinajstić information content (AvgIpc) is 2.51. The van der Waals surface area contributed by atoms with E-state index in [1.807, 2.05) is 30.3 Å². The lowest BCUT2D eigenvalue weighted by Gasteiger charge is -2.11. The van der Waals surface area contributed by atoms with Crippen LogP contribution in [0.3, 0.4) is 0 Å². The number of halogens is 1. The molecule has 0 amide bonds. The first kappa shape index (κ1) is 16.5. The molecule has 2 rings (SSSR count). The summed E-state index contributed by atoms with van der Waals surface area (Å²) in [6.45, 7) is 2.53. The highest BCUT2D eigenvalue weighted by Gasteiger charge is 2.01. The standard InChI is InChI=1S/C16H22ClN5/c1-22(2)11-5-9-18-16-19-10-8-15(21-16)20-12-13-6-3-4-7-14(13)17/h3-4,6-8,10H,5,9,11-12H2,1-2H3,(H2,18,19,20,21). The Bertz CT molecular complexity index is 588. The minimum Gasteiger partial charge on any atom is -0.366 e. The Hall–Kier alpha value is -1.85. The van der Waals surface area contributed by atoms with Crippen molar-refractivity contribution in [2.24, 2.45) is 0 Å². The normalized spacial score (nSPS) is 10.7. The van der Waals surface area contributed by atoms with Gasteiger partial charge in [0, 0.05) is 24.3 Å². The molecular formula is C16H22ClN5. The van der Waals surface area contributed by atoms with Crippen LogP contribution in [0.25, 0.3) is 0 Å². The molecule has 0 unspecified atom stereocenters. The van der Waals surface area contributed by atoms with E-state index in [0.29, 0.717) is 12.5 Å². The quantitative estimate of drug-likeness (QED) is 0.732. The molecule has 0 aliphatic rings. The van der Waals surface area contributed by atoms with Crippen LogP contribution in [-0.2, 0) is 6.54 Å². The molecule has 1 aromatic heterocycles. The fraction of sp³-hybridized carbons (Fsp3) is 0.375. The molecule has 6 heteroatoms. The molecule has 0 saturated heterocycles. The van der Waals surface area contributed by atoms with Crippen LogP contribution in [0.2, 0.25) is 5.02 Å². The summed E-state index contributed by atoms with van der Waals surface area (Å²) in [5, 5.41) is 7.26. The Labute approximate surface area is 136 Å². The molecule has 0 fully saturated rings. The number of aromatic nitrogens is 2. The predicted molar refractivity (Wildman–Crippen MR) is 92.5 cm³/mol. The van der Waals surface area contributed by atoms with Gasteiger partial charge in [-0.25, -0.2) is 4.98 Å². The number of hydrogen-bond acceptors (Lipinski definition) is 5. The van der Waals surface area contributed by atoms with Crippen molar-refractivity contribution in [3.63, 3.8) is 0 Å². The summed E-state index contributed by atoms with van der Waals surface area (Å²) in [6.07, 6.45) is 2.80. The summed E-state index contributed by atoms with van der Waals surface area (Å²) in [4.78, 5) is 10.8. The third-order valence-electron chi connectivity index (χ3n) is 3.14. The maximum absolute atomic E-state index is 6.14. The lowest BCUT2D eigenvalue weighted by atomic mass is 10.2. The molecule has 22 heavy (non-hydrogen) atoms. The lowest BCUT2D eigenvalue weighted by Crippen LogP contribution is -2.17. The van der Waals surface area contributed by atoms with E-state index in [0.717, 1.165) is 35.9 Å². The Morgan fingerprint density at radius 3 is 2.73 bits per heavy atom. The van der Waals surface area contributed by atoms with Crippen LogP contribution in [0.1, 0.15) is 12.0 Å². The second-order valence-corrected chi connectivity index (χ2v) is 5.70. The maximum Gasteiger partial charge on any atom is 0.224 e. The van der Waals surface area contributed by atoms with Crippen molar-refractivity contribution in [3.05, 3.63) is 47.1 Å². The first-order chi connectivity index (χ1) is 10.6. The Kier molecular flexibility index (Phi) is 6.43. The monoisotopic (exact) mass is 319 g/mol. The Balaban J connectivity index is 1.85. The van der Waals surface area contributed by atoms with Crippen LogP contribution < -0.4 is 10.6 Å². The Morgan fingerprint density at radius 1 is 1.14 bits per heavy atom. The molecule has 0 bridgehead atoms. The molecule has 0 atom stereocenters. The van der Waals surface area contributed by atoms with E-state index in [1.54, 1.807) is 6.20 Å². The van der Waals surface area contributed by atoms with E-state index in [-0.39, 0.29) is 0 Å². The van der Waals surface area contributed by atoms with E-state index < -0.39 is 0 Å². The number of hydrogen-bond donors (Lipinski definition) is 2. The second-order valence-electron chi connectivity index (χ2n) is 5.29. The minimum atomic E-state index is 0.636. The van der Waals surface area contributed by atoms with Gasteiger partial charge in [-0.15, -0.1) is 0 Å². The van der Waals surface area contributed by atoms with Crippen molar-refractivity contribution in [3.8, 4) is 0 Å². The van der Waals surface area contributed by atoms with E-state index in [2.05, 4.69) is 39.6 Å². The van der Waals surface area contributed by atoms with Crippen molar-refractivity contribution >= 4 is 23.4 Å². The van der Waals surface area contributed by atoms with Gasteiger partial charge in [0.05, 0.1) is 0 Å². The molecule has 118 valence electrons. The highest BCUT2D eigenvalue weighted by atomic mass is 35.5. The fourth-order valence-corrected chi connectivity index (χ4v) is 2.17. The molecular weight excluding hydrogens is 298 g/mol. The molecule has 0 saturated carbocycles. The van der Waals surface area contributed by atoms with Gasteiger partial charge in [0.1, 0.15) is 5.82 Å². The van der Waals surface area contributed by atoms with Crippen molar-refractivity contribution in [1.82, 2.24) is 14.9 Å². The number of nitrogens with zero attached hydrogens (tertiary/aromatic N) is 3. The van der Waals surface area contributed by atoms with Gasteiger partial charge < -0.3 is 15.5 Å². The third-order valence-corrected chi connectivity index (χ3v) is 3.51. The molecule has 1 aromatic carbocycles. The molecule has 2 aromatic rings. The van der Waals surface area contributed by atoms with Crippen LogP contribution in [0.4, 0.5) is 11.8 Å². The zero-order valence-electron chi connectivity index (χ0n) is 13.0. The molecule has 5 nitrogen and oxygen atoms in total. The lowest BCUT2D eigenvalue weighted by molar-refractivity contribution is 0.405. The van der Waals surface area contributed by atoms with E-state index in [9.17, 15) is 0 Å². The van der Waals surface area contributed by atoms with Crippen molar-refractivity contribution in [2.45, 2.75) is 13.0 Å². The van der Waals surface area contributed by atoms with Crippen molar-refractivity contribution in [1.29, 1.82) is 0 Å². The summed E-state index contributed by atoms with van der Waals surface area (Å²) in [6, 6.07) is 9.63. The SMILES string of the molecule is CN(C)CCCNc1nccc(NCc2ccccc2Cl)n1. The largest absolute Gasteiger partial charge is 0.366 e. The molecule has 0 spiro atoms. The Morgan fingerprint density at radius 2 is 1.95 bits per heavy atom. The van der Waals surface area contributed by atoms with Gasteiger partial charge in [-0.3, -0.25) is 0 Å². The van der Waals surface area contributed by atoms with Crippen LogP contribution >= 0.6 is 11.6 Å². The smallest absolute Gasteiger partial charge is 0.224 e. The molecule has 2 N–H and O–H groups in total. The van der Waals surface area contributed by atoms with Crippen LogP contribution in [-0.4, -0.2) is 42.1 Å². The third kappa shape index (κ3) is 5.50. The highest BCUT2D eigenvalue weighted by Crippen LogP contribution is 2.16. The maximum atomic E-state index is 6.14. The topological polar surface area (TPSA) is 53.1 Å². The second kappa shape index (κ2) is 8.56. The zero-order chi connectivity index (χ0) is 15.8. The first-order valence-electron chi connectivity index (χ1n) is 7.34. The predicted octanol–water partition coefficient (Wildman–Crippen LogP) is 3.11. The number of nitrogens with one attached hydrogen (secondary N) is 2. The highest BCUT2D eigenvalue weighted by molar-refractivity contribution is 6.31. The fourth-order valence-electron chi connectivity index (χ4n) is 1.97. The van der Waals surface area contributed by atoms with Crippen LogP contribution in [0, 0.1) is 0 Å². The average molecular weight is 320 g/mol. The molecule has 0 aliphatic carbocycles. The van der Waals surface area contributed by atoms with E-state index in [4.69, 9.17) is 11.6 Å². The van der Waals surface area contributed by atoms with Gasteiger partial charge in [-0.1, -0.05) is 29.8 Å². The van der Waals surface area contributed by atoms with Crippen molar-refractivity contribution in [2.75, 3.05) is 37.8 Å². The van der Waals surface area contributed by atoms with Gasteiger partial charge in [-0.05, 0) is 44.8 Å². The van der Waals surface area contributed by atoms with E-state index in [1.165, 1.54) is 0 Å². The molecule has 1 heterocycles. The summed E-state index contributed by atoms with van der Waals surface area (Å²) in [7, 11) is 4.13. The molecule has 0 aliphatic heterocycles. The minimum absolute atomic E-state index is 0.636. The number of benzene rings is 1. The van der Waals surface area contributed by atoms with Crippen molar-refractivity contribution < 1.29 is 0 Å². The van der Waals surface area contributed by atoms with Gasteiger partial charge in [0.15, 0.2) is 0 Å². The molecule has 0 radical (unpaired) electrons. The van der Waals surface area contributed by atoms with E-state index >= 15 is 0 Å². The number of anilines is 2. The van der Waals surface area contributed by atoms with Gasteiger partial charge >= 0.3 is 0 Å². The summed E-state index contributed by atoms with van der Waals surface area (Å²) in [5.74, 6) is 1.42. The van der Waals surface area contributed by atoms with Crippen LogP contribution in [0.15, 0.2) is 36.5 Å². The number of rotatable bonds is 8. The summed E-state index contributed by atoms with van der Waals surface area (Å²) in [5.41, 5.74) is 1.04.